The van der Waals surface area contributed by atoms with Crippen LogP contribution in [0.5, 0.6) is 0 Å². The van der Waals surface area contributed by atoms with Crippen LogP contribution in [0.2, 0.25) is 0 Å². The van der Waals surface area contributed by atoms with E-state index >= 15 is 0 Å². The monoisotopic (exact) mass is 212 g/mol. The zero-order valence-corrected chi connectivity index (χ0v) is 10.8. The zero-order valence-electron chi connectivity index (χ0n) is 10.8. The molecule has 0 aromatic carbocycles. The first-order valence-corrected chi connectivity index (χ1v) is 6.71. The third-order valence-corrected chi connectivity index (χ3v) is 3.51. The van der Waals surface area contributed by atoms with E-state index in [1.165, 1.54) is 45.2 Å². The van der Waals surface area contributed by atoms with Gasteiger partial charge in [0.1, 0.15) is 0 Å². The van der Waals surface area contributed by atoms with Gasteiger partial charge in [0.05, 0.1) is 0 Å². The van der Waals surface area contributed by atoms with Gasteiger partial charge in [-0.05, 0) is 52.7 Å². The molecule has 90 valence electrons. The van der Waals surface area contributed by atoms with E-state index in [-0.39, 0.29) is 0 Å². The molecular formula is C13H28N2. The molecule has 1 aliphatic heterocycles. The van der Waals surface area contributed by atoms with Gasteiger partial charge in [0.2, 0.25) is 0 Å². The summed E-state index contributed by atoms with van der Waals surface area (Å²) in [5.74, 6) is 0. The van der Waals surface area contributed by atoms with Crippen molar-refractivity contribution in [3.8, 4) is 0 Å². The third-order valence-electron chi connectivity index (χ3n) is 3.51. The van der Waals surface area contributed by atoms with Crippen LogP contribution in [0.1, 0.15) is 52.9 Å². The summed E-state index contributed by atoms with van der Waals surface area (Å²) in [7, 11) is 0. The van der Waals surface area contributed by atoms with Gasteiger partial charge in [-0.1, -0.05) is 19.8 Å². The highest BCUT2D eigenvalue weighted by Gasteiger charge is 2.17. The van der Waals surface area contributed by atoms with Gasteiger partial charge < -0.3 is 10.2 Å². The Labute approximate surface area is 95.4 Å². The molecule has 0 aromatic rings. The predicted octanol–water partition coefficient (Wildman–Crippen LogP) is 2.64. The number of hydrogen-bond donors (Lipinski definition) is 1. The van der Waals surface area contributed by atoms with Gasteiger partial charge in [0.25, 0.3) is 0 Å². The second kappa shape index (κ2) is 7.24. The maximum Gasteiger partial charge on any atom is 0.00816 e. The van der Waals surface area contributed by atoms with Crippen LogP contribution in [0, 0.1) is 0 Å². The molecule has 1 rings (SSSR count). The highest BCUT2D eigenvalue weighted by Crippen LogP contribution is 2.15. The lowest BCUT2D eigenvalue weighted by molar-refractivity contribution is 0.196. The Bertz CT molecular complexity index is 151. The van der Waals surface area contributed by atoms with Crippen molar-refractivity contribution in [2.75, 3.05) is 19.6 Å². The zero-order chi connectivity index (χ0) is 11.1. The van der Waals surface area contributed by atoms with Crippen LogP contribution in [0.4, 0.5) is 0 Å². The number of likely N-dealkylation sites (tertiary alicyclic amines) is 1. The molecule has 1 N–H and O–H groups in total. The van der Waals surface area contributed by atoms with Crippen molar-refractivity contribution in [3.05, 3.63) is 0 Å². The first-order valence-electron chi connectivity index (χ1n) is 6.71. The molecule has 1 fully saturated rings. The van der Waals surface area contributed by atoms with Crippen LogP contribution in [0.25, 0.3) is 0 Å². The Morgan fingerprint density at radius 3 is 2.20 bits per heavy atom. The SMILES string of the molecule is CCNC(C)CC(C)N1CCCCCC1. The molecule has 1 aliphatic rings. The maximum absolute atomic E-state index is 3.50. The molecular weight excluding hydrogens is 184 g/mol. The minimum atomic E-state index is 0.660. The summed E-state index contributed by atoms with van der Waals surface area (Å²) in [6.07, 6.45) is 6.96. The Hall–Kier alpha value is -0.0800. The van der Waals surface area contributed by atoms with Crippen molar-refractivity contribution < 1.29 is 0 Å². The highest BCUT2D eigenvalue weighted by atomic mass is 15.1. The molecule has 0 bridgehead atoms. The summed E-state index contributed by atoms with van der Waals surface area (Å²) in [5.41, 5.74) is 0. The number of nitrogens with zero attached hydrogens (tertiary/aromatic N) is 1. The minimum absolute atomic E-state index is 0.660. The van der Waals surface area contributed by atoms with E-state index in [1.54, 1.807) is 0 Å². The first-order chi connectivity index (χ1) is 7.24. The Morgan fingerprint density at radius 1 is 1.07 bits per heavy atom. The summed E-state index contributed by atoms with van der Waals surface area (Å²) in [4.78, 5) is 2.68. The Balaban J connectivity index is 2.27. The van der Waals surface area contributed by atoms with E-state index < -0.39 is 0 Å². The molecule has 2 heteroatoms. The van der Waals surface area contributed by atoms with E-state index in [9.17, 15) is 0 Å². The minimum Gasteiger partial charge on any atom is -0.314 e. The predicted molar refractivity (Wildman–Crippen MR) is 67.3 cm³/mol. The van der Waals surface area contributed by atoms with Crippen molar-refractivity contribution in [1.29, 1.82) is 0 Å². The van der Waals surface area contributed by atoms with Gasteiger partial charge >= 0.3 is 0 Å². The maximum atomic E-state index is 3.50. The third kappa shape index (κ3) is 4.98. The van der Waals surface area contributed by atoms with Gasteiger partial charge in [-0.3, -0.25) is 0 Å². The Morgan fingerprint density at radius 2 is 1.67 bits per heavy atom. The molecule has 2 atom stereocenters. The van der Waals surface area contributed by atoms with Crippen molar-refractivity contribution in [3.63, 3.8) is 0 Å². The largest absolute Gasteiger partial charge is 0.314 e. The molecule has 15 heavy (non-hydrogen) atoms. The van der Waals surface area contributed by atoms with Crippen LogP contribution in [-0.2, 0) is 0 Å². The summed E-state index contributed by atoms with van der Waals surface area (Å²) in [5, 5.41) is 3.50. The second-order valence-corrected chi connectivity index (χ2v) is 4.99. The molecule has 0 spiro atoms. The molecule has 2 nitrogen and oxygen atoms in total. The summed E-state index contributed by atoms with van der Waals surface area (Å²) >= 11 is 0. The van der Waals surface area contributed by atoms with E-state index in [2.05, 4.69) is 31.0 Å². The van der Waals surface area contributed by atoms with Crippen LogP contribution < -0.4 is 5.32 Å². The molecule has 0 amide bonds. The fourth-order valence-corrected chi connectivity index (χ4v) is 2.63. The summed E-state index contributed by atoms with van der Waals surface area (Å²) < 4.78 is 0. The van der Waals surface area contributed by atoms with Crippen LogP contribution in [-0.4, -0.2) is 36.6 Å². The van der Waals surface area contributed by atoms with E-state index in [0.717, 1.165) is 12.6 Å². The average molecular weight is 212 g/mol. The summed E-state index contributed by atoms with van der Waals surface area (Å²) in [6, 6.07) is 1.41. The van der Waals surface area contributed by atoms with Crippen LogP contribution in [0.3, 0.4) is 0 Å². The Kier molecular flexibility index (Phi) is 6.26. The van der Waals surface area contributed by atoms with Crippen molar-refractivity contribution in [2.24, 2.45) is 0 Å². The van der Waals surface area contributed by atoms with Crippen molar-refractivity contribution in [1.82, 2.24) is 10.2 Å². The molecule has 2 unspecified atom stereocenters. The van der Waals surface area contributed by atoms with Gasteiger partial charge in [-0.15, -0.1) is 0 Å². The lowest BCUT2D eigenvalue weighted by atomic mass is 10.1. The highest BCUT2D eigenvalue weighted by molar-refractivity contribution is 4.74. The van der Waals surface area contributed by atoms with Crippen molar-refractivity contribution in [2.45, 2.75) is 65.0 Å². The fourth-order valence-electron chi connectivity index (χ4n) is 2.63. The lowest BCUT2D eigenvalue weighted by Gasteiger charge is -2.29. The van der Waals surface area contributed by atoms with Gasteiger partial charge in [0.15, 0.2) is 0 Å². The molecule has 1 saturated heterocycles. The normalized spacial score (nSPS) is 23.4. The average Bonchev–Trinajstić information content (AvgIpc) is 2.45. The molecule has 0 saturated carbocycles. The number of nitrogens with one attached hydrogen (secondary N) is 1. The molecule has 1 heterocycles. The molecule has 0 aliphatic carbocycles. The molecule has 0 aromatic heterocycles. The van der Waals surface area contributed by atoms with E-state index in [1.807, 2.05) is 0 Å². The van der Waals surface area contributed by atoms with E-state index in [4.69, 9.17) is 0 Å². The number of hydrogen-bond acceptors (Lipinski definition) is 2. The quantitative estimate of drug-likeness (QED) is 0.753. The van der Waals surface area contributed by atoms with Gasteiger partial charge in [-0.25, -0.2) is 0 Å². The summed E-state index contributed by atoms with van der Waals surface area (Å²) in [6.45, 7) is 10.6. The van der Waals surface area contributed by atoms with Crippen LogP contribution >= 0.6 is 0 Å². The lowest BCUT2D eigenvalue weighted by Crippen LogP contribution is -2.39. The second-order valence-electron chi connectivity index (χ2n) is 4.99. The smallest absolute Gasteiger partial charge is 0.00816 e. The first kappa shape index (κ1) is 13.0. The number of rotatable bonds is 5. The molecule has 0 radical (unpaired) electrons. The fraction of sp³-hybridized carbons (Fsp3) is 1.00. The van der Waals surface area contributed by atoms with Gasteiger partial charge in [-0.2, -0.15) is 0 Å². The standard InChI is InChI=1S/C13H28N2/c1-4-14-12(2)11-13(3)15-9-7-5-6-8-10-15/h12-14H,4-11H2,1-3H3. The van der Waals surface area contributed by atoms with Crippen LogP contribution in [0.15, 0.2) is 0 Å². The van der Waals surface area contributed by atoms with E-state index in [0.29, 0.717) is 6.04 Å². The topological polar surface area (TPSA) is 15.3 Å². The van der Waals surface area contributed by atoms with Crippen molar-refractivity contribution >= 4 is 0 Å². The van der Waals surface area contributed by atoms with Gasteiger partial charge in [0, 0.05) is 12.1 Å².